The molecule has 0 amide bonds. The summed E-state index contributed by atoms with van der Waals surface area (Å²) in [7, 11) is 0. The molecule has 0 fully saturated rings. The molecule has 0 saturated carbocycles. The lowest BCUT2D eigenvalue weighted by Crippen LogP contribution is -2.27. The average Bonchev–Trinajstić information content (AvgIpc) is 2.29. The Balaban J connectivity index is 2.71. The van der Waals surface area contributed by atoms with E-state index < -0.39 is 0 Å². The van der Waals surface area contributed by atoms with E-state index in [1.807, 2.05) is 6.92 Å². The lowest BCUT2D eigenvalue weighted by molar-refractivity contribution is 1.12. The van der Waals surface area contributed by atoms with E-state index in [9.17, 15) is 0 Å². The fraction of sp³-hybridized carbons (Fsp3) is 0.250. The zero-order valence-electron chi connectivity index (χ0n) is 8.04. The lowest BCUT2D eigenvalue weighted by Gasteiger charge is -1.91. The number of aromatic nitrogens is 1. The molecule has 2 rings (SSSR count). The van der Waals surface area contributed by atoms with Crippen molar-refractivity contribution in [3.63, 3.8) is 0 Å². The zero-order chi connectivity index (χ0) is 9.26. The Morgan fingerprint density at radius 1 is 1.15 bits per heavy atom. The van der Waals surface area contributed by atoms with Crippen molar-refractivity contribution in [3.8, 4) is 0 Å². The van der Waals surface area contributed by atoms with Gasteiger partial charge in [0.15, 0.2) is 0 Å². The molecule has 13 heavy (non-hydrogen) atoms. The zero-order valence-corrected chi connectivity index (χ0v) is 8.04. The van der Waals surface area contributed by atoms with E-state index in [1.165, 1.54) is 10.8 Å². The van der Waals surface area contributed by atoms with E-state index in [-0.39, 0.29) is 0 Å². The predicted molar refractivity (Wildman–Crippen MR) is 55.5 cm³/mol. The van der Waals surface area contributed by atoms with Gasteiger partial charge in [0, 0.05) is 5.69 Å². The number of pyridine rings is 1. The van der Waals surface area contributed by atoms with Crippen LogP contribution in [0.2, 0.25) is 0 Å². The molecule has 0 bridgehead atoms. The molecule has 0 N–H and O–H groups in total. The van der Waals surface area contributed by atoms with Crippen molar-refractivity contribution in [1.29, 1.82) is 0 Å². The van der Waals surface area contributed by atoms with Gasteiger partial charge in [0.1, 0.15) is 0 Å². The smallest absolute Gasteiger partial charge is 0.0668 e. The molecular formula is C12H13N. The maximum Gasteiger partial charge on any atom is 0.0668 e. The van der Waals surface area contributed by atoms with Crippen LogP contribution >= 0.6 is 0 Å². The van der Waals surface area contributed by atoms with Crippen LogP contribution < -0.4 is 10.6 Å². The van der Waals surface area contributed by atoms with Crippen LogP contribution in [-0.4, -0.2) is 4.98 Å². The first-order valence-electron chi connectivity index (χ1n) is 4.57. The van der Waals surface area contributed by atoms with Crippen molar-refractivity contribution in [2.45, 2.75) is 20.3 Å². The average molecular weight is 171 g/mol. The van der Waals surface area contributed by atoms with E-state index in [4.69, 9.17) is 0 Å². The van der Waals surface area contributed by atoms with E-state index >= 15 is 0 Å². The second-order valence-corrected chi connectivity index (χ2v) is 3.52. The van der Waals surface area contributed by atoms with Gasteiger partial charge in [-0.25, -0.2) is 0 Å². The number of hydrogen-bond acceptors (Lipinski definition) is 1. The topological polar surface area (TPSA) is 12.9 Å². The van der Waals surface area contributed by atoms with Gasteiger partial charge in [-0.3, -0.25) is 4.98 Å². The molecule has 1 aliphatic rings. The number of nitrogens with zero attached hydrogens (tertiary/aromatic N) is 1. The molecule has 0 radical (unpaired) electrons. The summed E-state index contributed by atoms with van der Waals surface area (Å²) in [6.45, 7) is 4.17. The standard InChI is InChI=1S/C12H13N/c1-9-3-6-11-7-5-10(2)13-12(11)8-4-9/h3,5-8H,4H2,1-2H3. The fourth-order valence-electron chi connectivity index (χ4n) is 1.45. The minimum atomic E-state index is 1.01. The van der Waals surface area contributed by atoms with Gasteiger partial charge >= 0.3 is 0 Å². The molecule has 0 saturated heterocycles. The van der Waals surface area contributed by atoms with Crippen LogP contribution in [0.3, 0.4) is 0 Å². The van der Waals surface area contributed by atoms with E-state index in [0.29, 0.717) is 0 Å². The largest absolute Gasteiger partial charge is 0.253 e. The quantitative estimate of drug-likeness (QED) is 0.573. The van der Waals surface area contributed by atoms with Crippen molar-refractivity contribution in [2.24, 2.45) is 0 Å². The van der Waals surface area contributed by atoms with E-state index in [0.717, 1.165) is 17.5 Å². The van der Waals surface area contributed by atoms with E-state index in [2.05, 4.69) is 42.3 Å². The summed E-state index contributed by atoms with van der Waals surface area (Å²) in [6.07, 6.45) is 7.51. The third kappa shape index (κ3) is 1.69. The molecular weight excluding hydrogens is 158 g/mol. The highest BCUT2D eigenvalue weighted by atomic mass is 14.7. The molecule has 1 nitrogen and oxygen atoms in total. The van der Waals surface area contributed by atoms with E-state index in [1.54, 1.807) is 0 Å². The fourth-order valence-corrected chi connectivity index (χ4v) is 1.45. The third-order valence-electron chi connectivity index (χ3n) is 2.26. The first-order valence-corrected chi connectivity index (χ1v) is 4.57. The molecule has 1 aliphatic carbocycles. The van der Waals surface area contributed by atoms with Crippen LogP contribution in [-0.2, 0) is 0 Å². The Hall–Kier alpha value is -1.37. The van der Waals surface area contributed by atoms with Crippen LogP contribution in [0.1, 0.15) is 19.0 Å². The van der Waals surface area contributed by atoms with Gasteiger partial charge in [-0.15, -0.1) is 0 Å². The Morgan fingerprint density at radius 2 is 2.00 bits per heavy atom. The maximum absolute atomic E-state index is 4.49. The molecule has 0 aliphatic heterocycles. The molecule has 1 heteroatoms. The van der Waals surface area contributed by atoms with Crippen molar-refractivity contribution in [3.05, 3.63) is 40.0 Å². The SMILES string of the molecule is CC1=CC=c2ccc(C)nc2=CC1. The second-order valence-electron chi connectivity index (χ2n) is 3.52. The van der Waals surface area contributed by atoms with Crippen LogP contribution in [0.5, 0.6) is 0 Å². The van der Waals surface area contributed by atoms with Crippen molar-refractivity contribution in [2.75, 3.05) is 0 Å². The number of hydrogen-bond donors (Lipinski definition) is 0. The monoisotopic (exact) mass is 171 g/mol. The van der Waals surface area contributed by atoms with Crippen molar-refractivity contribution >= 4 is 12.2 Å². The number of allylic oxidation sites excluding steroid dienone is 2. The molecule has 0 aromatic carbocycles. The summed E-state index contributed by atoms with van der Waals surface area (Å²) >= 11 is 0. The second kappa shape index (κ2) is 3.17. The summed E-state index contributed by atoms with van der Waals surface area (Å²) in [5.41, 5.74) is 2.47. The summed E-state index contributed by atoms with van der Waals surface area (Å²) in [5.74, 6) is 0. The Kier molecular flexibility index (Phi) is 2.01. The van der Waals surface area contributed by atoms with Crippen LogP contribution in [0, 0.1) is 6.92 Å². The summed E-state index contributed by atoms with van der Waals surface area (Å²) in [6, 6.07) is 4.18. The highest BCUT2D eigenvalue weighted by Crippen LogP contribution is 2.01. The van der Waals surface area contributed by atoms with Gasteiger partial charge in [0.2, 0.25) is 0 Å². The van der Waals surface area contributed by atoms with Gasteiger partial charge < -0.3 is 0 Å². The van der Waals surface area contributed by atoms with Gasteiger partial charge in [0.25, 0.3) is 0 Å². The minimum absolute atomic E-state index is 1.01. The third-order valence-corrected chi connectivity index (χ3v) is 2.26. The van der Waals surface area contributed by atoms with Crippen molar-refractivity contribution < 1.29 is 0 Å². The molecule has 0 atom stereocenters. The number of fused-ring (bicyclic) bond motifs is 1. The molecule has 0 spiro atoms. The predicted octanol–water partition coefficient (Wildman–Crippen LogP) is 1.30. The van der Waals surface area contributed by atoms with Crippen molar-refractivity contribution in [1.82, 2.24) is 4.98 Å². The van der Waals surface area contributed by atoms with Gasteiger partial charge in [-0.05, 0) is 31.6 Å². The highest BCUT2D eigenvalue weighted by Gasteiger charge is 1.93. The first-order chi connectivity index (χ1) is 6.25. The van der Waals surface area contributed by atoms with Gasteiger partial charge in [-0.2, -0.15) is 0 Å². The van der Waals surface area contributed by atoms with Gasteiger partial charge in [0.05, 0.1) is 5.35 Å². The molecule has 0 unspecified atom stereocenters. The minimum Gasteiger partial charge on any atom is -0.253 e. The lowest BCUT2D eigenvalue weighted by atomic mass is 10.2. The van der Waals surface area contributed by atoms with Crippen LogP contribution in [0.25, 0.3) is 12.2 Å². The molecule has 66 valence electrons. The molecule has 1 aromatic rings. The van der Waals surface area contributed by atoms with Crippen LogP contribution in [0.15, 0.2) is 23.8 Å². The summed E-state index contributed by atoms with van der Waals surface area (Å²) < 4.78 is 0. The maximum atomic E-state index is 4.49. The Bertz CT molecular complexity index is 466. The molecule has 1 heterocycles. The normalized spacial score (nSPS) is 14.8. The highest BCUT2D eigenvalue weighted by molar-refractivity contribution is 5.45. The summed E-state index contributed by atoms with van der Waals surface area (Å²) in [5, 5.41) is 2.34. The van der Waals surface area contributed by atoms with Crippen LogP contribution in [0.4, 0.5) is 0 Å². The molecule has 1 aromatic heterocycles. The number of rotatable bonds is 0. The Morgan fingerprint density at radius 3 is 2.85 bits per heavy atom. The van der Waals surface area contributed by atoms with Gasteiger partial charge in [-0.1, -0.05) is 29.9 Å². The number of aryl methyl sites for hydroxylation is 1. The Labute approximate surface area is 78.1 Å². The first kappa shape index (κ1) is 8.24. The summed E-state index contributed by atoms with van der Waals surface area (Å²) in [4.78, 5) is 4.49.